The lowest BCUT2D eigenvalue weighted by molar-refractivity contribution is -0.115. The van der Waals surface area contributed by atoms with Crippen molar-refractivity contribution in [2.24, 2.45) is 0 Å². The normalized spacial score (nSPS) is 9.95. The van der Waals surface area contributed by atoms with Crippen molar-refractivity contribution in [2.75, 3.05) is 18.1 Å². The molecule has 0 aromatic heterocycles. The molecule has 2 amide bonds. The highest BCUT2D eigenvalue weighted by Crippen LogP contribution is 2.12. The van der Waals surface area contributed by atoms with E-state index in [2.05, 4.69) is 10.6 Å². The van der Waals surface area contributed by atoms with Crippen LogP contribution in [0, 0.1) is 0 Å². The second-order valence-electron chi connectivity index (χ2n) is 4.63. The molecule has 0 spiro atoms. The maximum absolute atomic E-state index is 12.0. The number of anilines is 2. The van der Waals surface area contributed by atoms with Crippen molar-refractivity contribution >= 4 is 23.2 Å². The highest BCUT2D eigenvalue weighted by atomic mass is 16.2. The largest absolute Gasteiger partial charge is 0.399 e. The summed E-state index contributed by atoms with van der Waals surface area (Å²) in [6.45, 7) is 0. The fourth-order valence-corrected chi connectivity index (χ4v) is 1.98. The Labute approximate surface area is 123 Å². The van der Waals surface area contributed by atoms with Gasteiger partial charge in [-0.2, -0.15) is 0 Å². The van der Waals surface area contributed by atoms with E-state index in [1.54, 1.807) is 43.4 Å². The molecule has 5 heteroatoms. The van der Waals surface area contributed by atoms with E-state index in [-0.39, 0.29) is 18.2 Å². The van der Waals surface area contributed by atoms with Gasteiger partial charge < -0.3 is 16.4 Å². The molecule has 0 fully saturated rings. The topological polar surface area (TPSA) is 84.2 Å². The van der Waals surface area contributed by atoms with Crippen LogP contribution in [0.5, 0.6) is 0 Å². The number of carbonyl (C=O) groups is 2. The van der Waals surface area contributed by atoms with Crippen LogP contribution in [0.2, 0.25) is 0 Å². The fourth-order valence-electron chi connectivity index (χ4n) is 1.98. The van der Waals surface area contributed by atoms with Crippen LogP contribution in [0.15, 0.2) is 48.5 Å². The molecule has 0 unspecified atom stereocenters. The maximum Gasteiger partial charge on any atom is 0.251 e. The van der Waals surface area contributed by atoms with E-state index in [1.807, 2.05) is 12.1 Å². The van der Waals surface area contributed by atoms with Crippen LogP contribution in [-0.2, 0) is 11.2 Å². The Bertz CT molecular complexity index is 668. The minimum Gasteiger partial charge on any atom is -0.399 e. The van der Waals surface area contributed by atoms with Crippen LogP contribution in [-0.4, -0.2) is 18.9 Å². The van der Waals surface area contributed by atoms with Crippen LogP contribution in [0.3, 0.4) is 0 Å². The molecule has 0 heterocycles. The van der Waals surface area contributed by atoms with E-state index < -0.39 is 0 Å². The Morgan fingerprint density at radius 2 is 1.86 bits per heavy atom. The second-order valence-corrected chi connectivity index (χ2v) is 4.63. The molecular formula is C16H17N3O2. The van der Waals surface area contributed by atoms with E-state index in [1.165, 1.54) is 0 Å². The minimum absolute atomic E-state index is 0.158. The summed E-state index contributed by atoms with van der Waals surface area (Å²) in [5.41, 5.74) is 8.24. The predicted molar refractivity (Wildman–Crippen MR) is 83.0 cm³/mol. The summed E-state index contributed by atoms with van der Waals surface area (Å²) in [6.07, 6.45) is 0.231. The summed E-state index contributed by atoms with van der Waals surface area (Å²) >= 11 is 0. The van der Waals surface area contributed by atoms with Gasteiger partial charge in [0, 0.05) is 24.0 Å². The third kappa shape index (κ3) is 4.07. The van der Waals surface area contributed by atoms with Crippen LogP contribution in [0.25, 0.3) is 0 Å². The molecule has 0 atom stereocenters. The van der Waals surface area contributed by atoms with Crippen molar-refractivity contribution in [3.63, 3.8) is 0 Å². The molecule has 21 heavy (non-hydrogen) atoms. The first kappa shape index (κ1) is 14.6. The highest BCUT2D eigenvalue weighted by Gasteiger charge is 2.07. The number of hydrogen-bond acceptors (Lipinski definition) is 3. The quantitative estimate of drug-likeness (QED) is 0.748. The minimum atomic E-state index is -0.193. The first-order chi connectivity index (χ1) is 10.1. The molecule has 4 N–H and O–H groups in total. The standard InChI is InChI=1S/C16H17N3O2/c1-18-16(21)12-5-3-7-14(10-12)19-15(20)9-11-4-2-6-13(17)8-11/h2-8,10H,9,17H2,1H3,(H,18,21)(H,19,20). The molecule has 2 aromatic rings. The van der Waals surface area contributed by atoms with E-state index >= 15 is 0 Å². The zero-order valence-electron chi connectivity index (χ0n) is 11.7. The number of benzene rings is 2. The van der Waals surface area contributed by atoms with Crippen LogP contribution >= 0.6 is 0 Å². The molecule has 0 saturated heterocycles. The summed E-state index contributed by atoms with van der Waals surface area (Å²) in [7, 11) is 1.56. The summed E-state index contributed by atoms with van der Waals surface area (Å²) in [5.74, 6) is -0.350. The summed E-state index contributed by atoms with van der Waals surface area (Å²) < 4.78 is 0. The van der Waals surface area contributed by atoms with E-state index in [0.29, 0.717) is 16.9 Å². The molecule has 0 aliphatic rings. The third-order valence-electron chi connectivity index (χ3n) is 2.95. The van der Waals surface area contributed by atoms with Crippen molar-refractivity contribution in [1.82, 2.24) is 5.32 Å². The van der Waals surface area contributed by atoms with Crippen molar-refractivity contribution in [3.8, 4) is 0 Å². The van der Waals surface area contributed by atoms with Gasteiger partial charge in [-0.15, -0.1) is 0 Å². The Balaban J connectivity index is 2.04. The van der Waals surface area contributed by atoms with Crippen LogP contribution in [0.1, 0.15) is 15.9 Å². The maximum atomic E-state index is 12.0. The number of nitrogens with two attached hydrogens (primary N) is 1. The smallest absolute Gasteiger partial charge is 0.251 e. The average molecular weight is 283 g/mol. The van der Waals surface area contributed by atoms with Gasteiger partial charge in [-0.25, -0.2) is 0 Å². The van der Waals surface area contributed by atoms with Crippen molar-refractivity contribution in [2.45, 2.75) is 6.42 Å². The second kappa shape index (κ2) is 6.56. The van der Waals surface area contributed by atoms with Gasteiger partial charge in [-0.3, -0.25) is 9.59 Å². The summed E-state index contributed by atoms with van der Waals surface area (Å²) in [5, 5.41) is 5.31. The Hall–Kier alpha value is -2.82. The number of nitrogens with one attached hydrogen (secondary N) is 2. The number of hydrogen-bond donors (Lipinski definition) is 3. The molecule has 2 aromatic carbocycles. The monoisotopic (exact) mass is 283 g/mol. The molecule has 0 aliphatic carbocycles. The molecular weight excluding hydrogens is 266 g/mol. The van der Waals surface area contributed by atoms with Crippen molar-refractivity contribution in [1.29, 1.82) is 0 Å². The number of nitrogen functional groups attached to an aromatic ring is 1. The van der Waals surface area contributed by atoms with Gasteiger partial charge in [0.1, 0.15) is 0 Å². The molecule has 0 aliphatic heterocycles. The number of carbonyl (C=O) groups excluding carboxylic acids is 2. The van der Waals surface area contributed by atoms with Crippen molar-refractivity contribution < 1.29 is 9.59 Å². The summed E-state index contributed by atoms with van der Waals surface area (Å²) in [6, 6.07) is 14.0. The highest BCUT2D eigenvalue weighted by molar-refractivity contribution is 5.97. The molecule has 0 bridgehead atoms. The van der Waals surface area contributed by atoms with Crippen LogP contribution < -0.4 is 16.4 Å². The molecule has 0 radical (unpaired) electrons. The van der Waals surface area contributed by atoms with E-state index in [9.17, 15) is 9.59 Å². The van der Waals surface area contributed by atoms with Crippen molar-refractivity contribution in [3.05, 3.63) is 59.7 Å². The van der Waals surface area contributed by atoms with Gasteiger partial charge in [-0.05, 0) is 35.9 Å². The van der Waals surface area contributed by atoms with Crippen LogP contribution in [0.4, 0.5) is 11.4 Å². The molecule has 108 valence electrons. The average Bonchev–Trinajstić information content (AvgIpc) is 2.46. The van der Waals surface area contributed by atoms with Gasteiger partial charge in [-0.1, -0.05) is 18.2 Å². The summed E-state index contributed by atoms with van der Waals surface area (Å²) in [4.78, 5) is 23.5. The van der Waals surface area contributed by atoms with Gasteiger partial charge in [0.2, 0.25) is 5.91 Å². The molecule has 5 nitrogen and oxygen atoms in total. The Morgan fingerprint density at radius 3 is 2.57 bits per heavy atom. The Kier molecular flexibility index (Phi) is 4.56. The zero-order valence-corrected chi connectivity index (χ0v) is 11.7. The Morgan fingerprint density at radius 1 is 1.10 bits per heavy atom. The lowest BCUT2D eigenvalue weighted by Crippen LogP contribution is -2.19. The van der Waals surface area contributed by atoms with Gasteiger partial charge >= 0.3 is 0 Å². The number of amides is 2. The first-order valence-electron chi connectivity index (χ1n) is 6.55. The zero-order chi connectivity index (χ0) is 15.2. The SMILES string of the molecule is CNC(=O)c1cccc(NC(=O)Cc2cccc(N)c2)c1. The third-order valence-corrected chi connectivity index (χ3v) is 2.95. The van der Waals surface area contributed by atoms with Gasteiger partial charge in [0.25, 0.3) is 5.91 Å². The molecule has 2 rings (SSSR count). The van der Waals surface area contributed by atoms with Gasteiger partial charge in [0.15, 0.2) is 0 Å². The van der Waals surface area contributed by atoms with E-state index in [4.69, 9.17) is 5.73 Å². The first-order valence-corrected chi connectivity index (χ1v) is 6.55. The van der Waals surface area contributed by atoms with Gasteiger partial charge in [0.05, 0.1) is 6.42 Å². The van der Waals surface area contributed by atoms with E-state index in [0.717, 1.165) is 5.56 Å². The number of rotatable bonds is 4. The lowest BCUT2D eigenvalue weighted by Gasteiger charge is -2.07. The fraction of sp³-hybridized carbons (Fsp3) is 0.125. The molecule has 0 saturated carbocycles. The predicted octanol–water partition coefficient (Wildman–Crippen LogP) is 1.81. The lowest BCUT2D eigenvalue weighted by atomic mass is 10.1.